The number of ketones is 1. The van der Waals surface area contributed by atoms with E-state index in [9.17, 15) is 9.59 Å². The van der Waals surface area contributed by atoms with Gasteiger partial charge in [0.2, 0.25) is 0 Å². The van der Waals surface area contributed by atoms with Crippen molar-refractivity contribution in [1.29, 1.82) is 0 Å². The number of benzene rings is 3. The largest absolute Gasteiger partial charge is 0.327 e. The number of Topliss-reactive ketones (excluding diaryl/α,β-unsaturated/α-hetero) is 1. The smallest absolute Gasteiger partial charge is 0.326 e. The number of rotatable bonds is 5. The van der Waals surface area contributed by atoms with E-state index in [2.05, 4.69) is 37.2 Å². The van der Waals surface area contributed by atoms with Crippen LogP contribution < -0.4 is 10.2 Å². The van der Waals surface area contributed by atoms with Crippen molar-refractivity contribution in [2.45, 2.75) is 6.04 Å². The summed E-state index contributed by atoms with van der Waals surface area (Å²) in [6, 6.07) is 23.4. The molecule has 0 aliphatic carbocycles. The molecule has 0 bridgehead atoms. The van der Waals surface area contributed by atoms with Gasteiger partial charge in [0, 0.05) is 14.5 Å². The molecule has 0 radical (unpaired) electrons. The van der Waals surface area contributed by atoms with Gasteiger partial charge in [-0.1, -0.05) is 62.2 Å². The van der Waals surface area contributed by atoms with Gasteiger partial charge in [-0.3, -0.25) is 9.69 Å². The summed E-state index contributed by atoms with van der Waals surface area (Å²) in [7, 11) is 0. The lowest BCUT2D eigenvalue weighted by Crippen LogP contribution is -2.48. The van der Waals surface area contributed by atoms with Crippen molar-refractivity contribution in [3.05, 3.63) is 110 Å². The second-order valence-corrected chi connectivity index (χ2v) is 9.49. The molecule has 1 aliphatic rings. The Hall–Kier alpha value is -2.35. The average molecular weight is 558 g/mol. The molecule has 3 aromatic carbocycles. The average Bonchev–Trinajstić information content (AvgIpc) is 2.79. The molecule has 3 aromatic rings. The van der Waals surface area contributed by atoms with Crippen LogP contribution >= 0.6 is 43.6 Å². The molecule has 0 saturated carbocycles. The minimum Gasteiger partial charge on any atom is -0.326 e. The van der Waals surface area contributed by atoms with Crippen LogP contribution in [0.25, 0.3) is 0 Å². The molecule has 1 unspecified atom stereocenters. The van der Waals surface area contributed by atoms with E-state index in [1.54, 1.807) is 17.0 Å². The summed E-state index contributed by atoms with van der Waals surface area (Å²) in [4.78, 5) is 28.6. The Kier molecular flexibility index (Phi) is 6.65. The summed E-state index contributed by atoms with van der Waals surface area (Å²) in [6.07, 6.45) is 1.89. The summed E-state index contributed by atoms with van der Waals surface area (Å²) in [5, 5.41) is 3.67. The van der Waals surface area contributed by atoms with Gasteiger partial charge in [-0.25, -0.2) is 4.79 Å². The molecule has 4 rings (SSSR count). The van der Waals surface area contributed by atoms with Crippen LogP contribution in [0.3, 0.4) is 0 Å². The van der Waals surface area contributed by atoms with Gasteiger partial charge in [0.1, 0.15) is 0 Å². The second-order valence-electron chi connectivity index (χ2n) is 6.87. The maximum absolute atomic E-state index is 13.8. The van der Waals surface area contributed by atoms with Gasteiger partial charge in [-0.15, -0.1) is 11.8 Å². The highest BCUT2D eigenvalue weighted by Crippen LogP contribution is 2.39. The molecule has 0 saturated heterocycles. The van der Waals surface area contributed by atoms with Crippen LogP contribution in [0.4, 0.5) is 10.5 Å². The number of hydrogen-bond acceptors (Lipinski definition) is 3. The van der Waals surface area contributed by atoms with Crippen LogP contribution in [0.2, 0.25) is 0 Å². The van der Waals surface area contributed by atoms with Gasteiger partial charge in [-0.05, 0) is 60.4 Å². The Morgan fingerprint density at radius 3 is 2.29 bits per heavy atom. The maximum atomic E-state index is 13.8. The molecule has 7 heteroatoms. The molecule has 1 heterocycles. The Balaban J connectivity index is 1.92. The van der Waals surface area contributed by atoms with Gasteiger partial charge in [-0.2, -0.15) is 0 Å². The number of urea groups is 1. The summed E-state index contributed by atoms with van der Waals surface area (Å²) >= 11 is 8.31. The van der Waals surface area contributed by atoms with Crippen molar-refractivity contribution >= 4 is 61.1 Å². The first-order valence-corrected chi connectivity index (χ1v) is 12.3. The van der Waals surface area contributed by atoms with Gasteiger partial charge < -0.3 is 5.32 Å². The number of carbonyl (C=O) groups excluding carboxylic acids is 2. The number of amides is 2. The third-order valence-electron chi connectivity index (χ3n) is 4.93. The Labute approximate surface area is 202 Å². The summed E-state index contributed by atoms with van der Waals surface area (Å²) in [5.41, 5.74) is 2.64. The standard InChI is InChI=1S/C24H18Br2N2O2S/c1-31-23-20(22(29)15-10-12-17(25)13-11-15)21(16-6-5-7-18(26)14-16)27-24(30)28(23)19-8-3-2-4-9-19/h2-14,21H,1H3,(H,27,30). The number of para-hydroxylation sites is 1. The Bertz CT molecular complexity index is 1160. The predicted molar refractivity (Wildman–Crippen MR) is 133 cm³/mol. The molecule has 1 aliphatic heterocycles. The zero-order chi connectivity index (χ0) is 22.0. The van der Waals surface area contributed by atoms with Crippen LogP contribution in [-0.4, -0.2) is 18.1 Å². The van der Waals surface area contributed by atoms with Crippen molar-refractivity contribution in [3.8, 4) is 0 Å². The van der Waals surface area contributed by atoms with Crippen molar-refractivity contribution in [2.75, 3.05) is 11.2 Å². The van der Waals surface area contributed by atoms with E-state index in [1.807, 2.05) is 73.0 Å². The SMILES string of the molecule is CSC1=C(C(=O)c2ccc(Br)cc2)C(c2cccc(Br)c2)NC(=O)N1c1ccccc1. The lowest BCUT2D eigenvalue weighted by Gasteiger charge is -2.36. The summed E-state index contributed by atoms with van der Waals surface area (Å²) < 4.78 is 1.78. The fraction of sp³-hybridized carbons (Fsp3) is 0.0833. The van der Waals surface area contributed by atoms with Crippen molar-refractivity contribution in [2.24, 2.45) is 0 Å². The summed E-state index contributed by atoms with van der Waals surface area (Å²) in [5.74, 6) is -0.122. The third-order valence-corrected chi connectivity index (χ3v) is 6.74. The van der Waals surface area contributed by atoms with Crippen LogP contribution in [0.5, 0.6) is 0 Å². The molecule has 31 heavy (non-hydrogen) atoms. The molecule has 0 fully saturated rings. The van der Waals surface area contributed by atoms with E-state index in [1.165, 1.54) is 11.8 Å². The highest BCUT2D eigenvalue weighted by molar-refractivity contribution is 9.10. The van der Waals surface area contributed by atoms with E-state index in [4.69, 9.17) is 0 Å². The van der Waals surface area contributed by atoms with Gasteiger partial charge in [0.15, 0.2) is 5.78 Å². The lowest BCUT2D eigenvalue weighted by atomic mass is 9.91. The highest BCUT2D eigenvalue weighted by atomic mass is 79.9. The second kappa shape index (κ2) is 9.42. The number of halogens is 2. The van der Waals surface area contributed by atoms with E-state index in [0.29, 0.717) is 21.9 Å². The van der Waals surface area contributed by atoms with Gasteiger partial charge in [0.05, 0.1) is 22.3 Å². The fourth-order valence-corrected chi connectivity index (χ4v) is 5.01. The summed E-state index contributed by atoms with van der Waals surface area (Å²) in [6.45, 7) is 0. The first-order chi connectivity index (χ1) is 15.0. The maximum Gasteiger partial charge on any atom is 0.327 e. The van der Waals surface area contributed by atoms with E-state index in [0.717, 1.165) is 14.5 Å². The normalized spacial score (nSPS) is 16.3. The quantitative estimate of drug-likeness (QED) is 0.346. The number of nitrogens with zero attached hydrogens (tertiary/aromatic N) is 1. The molecular weight excluding hydrogens is 540 g/mol. The zero-order valence-electron chi connectivity index (χ0n) is 16.5. The van der Waals surface area contributed by atoms with Crippen LogP contribution in [0.15, 0.2) is 98.4 Å². The molecule has 156 valence electrons. The molecule has 0 spiro atoms. The van der Waals surface area contributed by atoms with Crippen molar-refractivity contribution < 1.29 is 9.59 Å². The number of thioether (sulfide) groups is 1. The topological polar surface area (TPSA) is 49.4 Å². The lowest BCUT2D eigenvalue weighted by molar-refractivity contribution is 0.102. The zero-order valence-corrected chi connectivity index (χ0v) is 20.5. The van der Waals surface area contributed by atoms with Gasteiger partial charge >= 0.3 is 6.03 Å². The van der Waals surface area contributed by atoms with Crippen molar-refractivity contribution in [1.82, 2.24) is 5.32 Å². The van der Waals surface area contributed by atoms with Crippen LogP contribution in [0.1, 0.15) is 22.0 Å². The van der Waals surface area contributed by atoms with E-state index in [-0.39, 0.29) is 11.8 Å². The predicted octanol–water partition coefficient (Wildman–Crippen LogP) is 6.94. The minimum absolute atomic E-state index is 0.122. The van der Waals surface area contributed by atoms with Crippen molar-refractivity contribution in [3.63, 3.8) is 0 Å². The first-order valence-electron chi connectivity index (χ1n) is 9.49. The van der Waals surface area contributed by atoms with E-state index >= 15 is 0 Å². The molecule has 1 atom stereocenters. The number of anilines is 1. The van der Waals surface area contributed by atoms with Crippen LogP contribution in [0, 0.1) is 0 Å². The van der Waals surface area contributed by atoms with Gasteiger partial charge in [0.25, 0.3) is 0 Å². The third kappa shape index (κ3) is 4.49. The number of nitrogens with one attached hydrogen (secondary N) is 1. The van der Waals surface area contributed by atoms with Crippen LogP contribution in [-0.2, 0) is 0 Å². The molecule has 0 aromatic heterocycles. The minimum atomic E-state index is -0.566. The van der Waals surface area contributed by atoms with E-state index < -0.39 is 6.04 Å². The molecule has 2 amide bonds. The fourth-order valence-electron chi connectivity index (χ4n) is 3.53. The first kappa shape index (κ1) is 21.9. The molecule has 4 nitrogen and oxygen atoms in total. The number of hydrogen-bond donors (Lipinski definition) is 1. The molecule has 1 N–H and O–H groups in total. The highest BCUT2D eigenvalue weighted by Gasteiger charge is 2.38. The Morgan fingerprint density at radius 1 is 0.935 bits per heavy atom. The Morgan fingerprint density at radius 2 is 1.65 bits per heavy atom. The number of carbonyl (C=O) groups is 2. The molecular formula is C24H18Br2N2O2S. The monoisotopic (exact) mass is 556 g/mol.